The number of aliphatic imine (C=N–C) groups is 1. The molecule has 1 rings (SSSR count). The Morgan fingerprint density at radius 2 is 2.00 bits per heavy atom. The quantitative estimate of drug-likeness (QED) is 0.468. The third kappa shape index (κ3) is 2.81. The van der Waals surface area contributed by atoms with Crippen molar-refractivity contribution in [2.24, 2.45) is 4.99 Å². The van der Waals surface area contributed by atoms with Gasteiger partial charge in [-0.1, -0.05) is 0 Å². The maximum absolute atomic E-state index is 11.6. The molecule has 0 saturated carbocycles. The van der Waals surface area contributed by atoms with E-state index < -0.39 is 5.97 Å². The van der Waals surface area contributed by atoms with Gasteiger partial charge in [-0.3, -0.25) is 0 Å². The van der Waals surface area contributed by atoms with Gasteiger partial charge in [0.2, 0.25) is 0 Å². The van der Waals surface area contributed by atoms with Crippen molar-refractivity contribution >= 4 is 29.0 Å². The maximum Gasteiger partial charge on any atom is 0.341 e. The highest BCUT2D eigenvalue weighted by Gasteiger charge is 2.18. The van der Waals surface area contributed by atoms with Crippen molar-refractivity contribution in [3.05, 3.63) is 17.7 Å². The van der Waals surface area contributed by atoms with Gasteiger partial charge >= 0.3 is 5.97 Å². The second kappa shape index (κ2) is 5.98. The minimum atomic E-state index is -0.540. The van der Waals surface area contributed by atoms with Gasteiger partial charge in [0, 0.05) is 6.07 Å². The number of hydrogen-bond donors (Lipinski definition) is 0. The second-order valence-electron chi connectivity index (χ2n) is 2.92. The van der Waals surface area contributed by atoms with Gasteiger partial charge in [0.25, 0.3) is 0 Å². The molecule has 6 heteroatoms. The van der Waals surface area contributed by atoms with E-state index in [1.165, 1.54) is 27.4 Å². The summed E-state index contributed by atoms with van der Waals surface area (Å²) in [6.45, 7) is 0. The number of carbonyl (C=O) groups is 1. The van der Waals surface area contributed by atoms with Gasteiger partial charge in [-0.25, -0.2) is 4.79 Å². The molecule has 0 aromatic heterocycles. The minimum absolute atomic E-state index is 0.221. The van der Waals surface area contributed by atoms with Gasteiger partial charge in [-0.2, -0.15) is 4.99 Å². The van der Waals surface area contributed by atoms with Crippen molar-refractivity contribution in [3.8, 4) is 11.5 Å². The van der Waals surface area contributed by atoms with Gasteiger partial charge < -0.3 is 14.2 Å². The lowest BCUT2D eigenvalue weighted by molar-refractivity contribution is 0.0596. The van der Waals surface area contributed by atoms with Crippen LogP contribution in [0.3, 0.4) is 0 Å². The van der Waals surface area contributed by atoms with Crippen molar-refractivity contribution in [2.45, 2.75) is 0 Å². The molecular weight excluding hydrogens is 242 g/mol. The van der Waals surface area contributed by atoms with Crippen LogP contribution in [-0.4, -0.2) is 32.5 Å². The summed E-state index contributed by atoms with van der Waals surface area (Å²) in [5.41, 5.74) is 0.663. The number of benzene rings is 1. The van der Waals surface area contributed by atoms with Crippen LogP contribution in [-0.2, 0) is 4.74 Å². The fraction of sp³-hybridized carbons (Fsp3) is 0.273. The van der Waals surface area contributed by atoms with Crippen LogP contribution in [0.5, 0.6) is 11.5 Å². The SMILES string of the molecule is COC(=O)c1cc(N=C=S)cc(OC)c1OC. The minimum Gasteiger partial charge on any atom is -0.493 e. The first-order valence-electron chi connectivity index (χ1n) is 4.60. The Morgan fingerprint density at radius 1 is 1.29 bits per heavy atom. The number of esters is 1. The number of isothiocyanates is 1. The van der Waals surface area contributed by atoms with Crippen molar-refractivity contribution in [2.75, 3.05) is 21.3 Å². The Balaban J connectivity index is 3.47. The van der Waals surface area contributed by atoms with E-state index in [1.807, 2.05) is 0 Å². The molecule has 0 saturated heterocycles. The van der Waals surface area contributed by atoms with Crippen LogP contribution in [0.2, 0.25) is 0 Å². The zero-order valence-corrected chi connectivity index (χ0v) is 10.5. The molecular formula is C11H11NO4S. The molecule has 0 radical (unpaired) electrons. The molecule has 0 aliphatic carbocycles. The highest BCUT2D eigenvalue weighted by molar-refractivity contribution is 7.78. The number of carbonyl (C=O) groups excluding carboxylic acids is 1. The summed E-state index contributed by atoms with van der Waals surface area (Å²) in [4.78, 5) is 15.4. The van der Waals surface area contributed by atoms with Gasteiger partial charge in [-0.05, 0) is 18.3 Å². The molecule has 0 unspecified atom stereocenters. The molecule has 0 aliphatic rings. The largest absolute Gasteiger partial charge is 0.493 e. The number of hydrogen-bond acceptors (Lipinski definition) is 6. The van der Waals surface area contributed by atoms with E-state index in [4.69, 9.17) is 9.47 Å². The highest BCUT2D eigenvalue weighted by Crippen LogP contribution is 2.35. The lowest BCUT2D eigenvalue weighted by Gasteiger charge is -2.11. The van der Waals surface area contributed by atoms with Crippen LogP contribution in [0.1, 0.15) is 10.4 Å². The first-order chi connectivity index (χ1) is 8.17. The summed E-state index contributed by atoms with van der Waals surface area (Å²) in [6, 6.07) is 3.08. The predicted molar refractivity (Wildman–Crippen MR) is 65.6 cm³/mol. The van der Waals surface area contributed by atoms with E-state index in [2.05, 4.69) is 27.1 Å². The maximum atomic E-state index is 11.6. The summed E-state index contributed by atoms with van der Waals surface area (Å²) in [6.07, 6.45) is 0. The molecule has 90 valence electrons. The summed E-state index contributed by atoms with van der Waals surface area (Å²) < 4.78 is 14.9. The van der Waals surface area contributed by atoms with Crippen molar-refractivity contribution in [1.29, 1.82) is 0 Å². The Hall–Kier alpha value is -1.91. The normalized spacial score (nSPS) is 9.12. The van der Waals surface area contributed by atoms with E-state index in [9.17, 15) is 4.79 Å². The smallest absolute Gasteiger partial charge is 0.341 e. The molecule has 0 atom stereocenters. The molecule has 0 amide bonds. The van der Waals surface area contributed by atoms with Crippen molar-refractivity contribution < 1.29 is 19.0 Å². The van der Waals surface area contributed by atoms with E-state index in [-0.39, 0.29) is 5.56 Å². The zero-order chi connectivity index (χ0) is 12.8. The molecule has 17 heavy (non-hydrogen) atoms. The Kier molecular flexibility index (Phi) is 4.63. The topological polar surface area (TPSA) is 57.1 Å². The monoisotopic (exact) mass is 253 g/mol. The van der Waals surface area contributed by atoms with Gasteiger partial charge in [0.05, 0.1) is 32.2 Å². The average molecular weight is 253 g/mol. The average Bonchev–Trinajstić information content (AvgIpc) is 2.37. The van der Waals surface area contributed by atoms with Crippen LogP contribution in [0.4, 0.5) is 5.69 Å². The molecule has 5 nitrogen and oxygen atoms in total. The molecule has 0 bridgehead atoms. The van der Waals surface area contributed by atoms with Gasteiger partial charge in [-0.15, -0.1) is 0 Å². The molecule has 0 fully saturated rings. The van der Waals surface area contributed by atoms with Crippen molar-refractivity contribution in [1.82, 2.24) is 0 Å². The van der Waals surface area contributed by atoms with Gasteiger partial charge in [0.15, 0.2) is 11.5 Å². The molecule has 0 aliphatic heterocycles. The zero-order valence-electron chi connectivity index (χ0n) is 9.64. The number of thiocarbonyl (C=S) groups is 1. The fourth-order valence-electron chi connectivity index (χ4n) is 1.33. The lowest BCUT2D eigenvalue weighted by Crippen LogP contribution is -2.05. The Bertz CT molecular complexity index is 481. The Labute approximate surface area is 104 Å². The molecule has 1 aromatic rings. The summed E-state index contributed by atoms with van der Waals surface area (Å²) in [5.74, 6) is 0.128. The highest BCUT2D eigenvalue weighted by atomic mass is 32.1. The molecule has 1 aromatic carbocycles. The third-order valence-corrected chi connectivity index (χ3v) is 2.13. The third-order valence-electron chi connectivity index (χ3n) is 2.04. The standard InChI is InChI=1S/C11H11NO4S/c1-14-9-5-7(12-6-17)4-8(10(9)15-2)11(13)16-3/h4-5H,1-3H3. The number of nitrogens with zero attached hydrogens (tertiary/aromatic N) is 1. The van der Waals surface area contributed by atoms with Crippen LogP contribution in [0.25, 0.3) is 0 Å². The summed E-state index contributed by atoms with van der Waals surface area (Å²) >= 11 is 4.51. The van der Waals surface area contributed by atoms with Crippen molar-refractivity contribution in [3.63, 3.8) is 0 Å². The van der Waals surface area contributed by atoms with E-state index in [0.717, 1.165) is 0 Å². The van der Waals surface area contributed by atoms with Crippen LogP contribution in [0, 0.1) is 0 Å². The van der Waals surface area contributed by atoms with E-state index >= 15 is 0 Å². The number of methoxy groups -OCH3 is 3. The number of rotatable bonds is 4. The predicted octanol–water partition coefficient (Wildman–Crippen LogP) is 2.22. The lowest BCUT2D eigenvalue weighted by atomic mass is 10.1. The molecule has 0 spiro atoms. The van der Waals surface area contributed by atoms with Crippen LogP contribution < -0.4 is 9.47 Å². The first kappa shape index (κ1) is 13.2. The van der Waals surface area contributed by atoms with E-state index in [0.29, 0.717) is 17.2 Å². The van der Waals surface area contributed by atoms with Gasteiger partial charge in [0.1, 0.15) is 5.56 Å². The summed E-state index contributed by atoms with van der Waals surface area (Å²) in [5, 5.41) is 2.22. The van der Waals surface area contributed by atoms with E-state index in [1.54, 1.807) is 6.07 Å². The fourth-order valence-corrected chi connectivity index (χ4v) is 1.43. The molecule has 0 heterocycles. The summed E-state index contributed by atoms with van der Waals surface area (Å²) in [7, 11) is 4.18. The van der Waals surface area contributed by atoms with Crippen LogP contribution in [0.15, 0.2) is 17.1 Å². The second-order valence-corrected chi connectivity index (χ2v) is 3.11. The van der Waals surface area contributed by atoms with Crippen LogP contribution >= 0.6 is 12.2 Å². The molecule has 0 N–H and O–H groups in total. The Morgan fingerprint density at radius 3 is 2.47 bits per heavy atom. The first-order valence-corrected chi connectivity index (χ1v) is 5.01. The number of ether oxygens (including phenoxy) is 3.